The zero-order chi connectivity index (χ0) is 39.2. The predicted octanol–water partition coefficient (Wildman–Crippen LogP) is 8.33. The number of benzene rings is 5. The van der Waals surface area contributed by atoms with Crippen LogP contribution >= 0.6 is 0 Å². The van der Waals surface area contributed by atoms with Gasteiger partial charge in [0.15, 0.2) is 0 Å². The summed E-state index contributed by atoms with van der Waals surface area (Å²) in [6.07, 6.45) is -1.59. The number of likely N-dealkylation sites (tertiary alicyclic amines) is 1. The van der Waals surface area contributed by atoms with Gasteiger partial charge in [-0.2, -0.15) is 8.78 Å². The van der Waals surface area contributed by atoms with Crippen LogP contribution in [0.5, 0.6) is 5.75 Å². The Morgan fingerprint density at radius 1 is 0.764 bits per heavy atom. The molecule has 1 heterocycles. The van der Waals surface area contributed by atoms with Crippen molar-refractivity contribution < 1.29 is 50.5 Å². The van der Waals surface area contributed by atoms with Crippen molar-refractivity contribution in [2.45, 2.75) is 56.8 Å². The van der Waals surface area contributed by atoms with Crippen LogP contribution in [0.4, 0.5) is 26.7 Å². The second-order valence-corrected chi connectivity index (χ2v) is 14.6. The highest BCUT2D eigenvalue weighted by Crippen LogP contribution is 2.45. The molecule has 1 amide bonds. The van der Waals surface area contributed by atoms with Gasteiger partial charge in [-0.15, -0.1) is 0 Å². The zero-order valence-electron chi connectivity index (χ0n) is 29.9. The van der Waals surface area contributed by atoms with Crippen molar-refractivity contribution in [2.24, 2.45) is 0 Å². The normalized spacial score (nSPS) is 17.9. The Morgan fingerprint density at radius 3 is 1.95 bits per heavy atom. The van der Waals surface area contributed by atoms with E-state index in [0.717, 1.165) is 37.9 Å². The van der Waals surface area contributed by atoms with Gasteiger partial charge < -0.3 is 14.2 Å². The molecule has 0 radical (unpaired) electrons. The van der Waals surface area contributed by atoms with Gasteiger partial charge in [0.25, 0.3) is 0 Å². The van der Waals surface area contributed by atoms with Crippen LogP contribution in [0, 0.1) is 29.1 Å². The molecule has 0 saturated carbocycles. The Bertz CT molecular complexity index is 2270. The van der Waals surface area contributed by atoms with Crippen molar-refractivity contribution in [3.8, 4) is 16.9 Å². The quantitative estimate of drug-likeness (QED) is 0.0560. The van der Waals surface area contributed by atoms with Gasteiger partial charge in [0.05, 0.1) is 6.54 Å². The molecule has 5 aromatic carbocycles. The number of hydrogen-bond donors (Lipinski definition) is 1. The lowest BCUT2D eigenvalue weighted by molar-refractivity contribution is -0.159. The van der Waals surface area contributed by atoms with E-state index in [0.29, 0.717) is 5.56 Å². The third-order valence-corrected chi connectivity index (χ3v) is 9.81. The van der Waals surface area contributed by atoms with E-state index in [-0.39, 0.29) is 19.1 Å². The lowest BCUT2D eigenvalue weighted by atomic mass is 9.94. The highest BCUT2D eigenvalue weighted by atomic mass is 19.2. The van der Waals surface area contributed by atoms with Crippen molar-refractivity contribution >= 4 is 28.8 Å². The first-order chi connectivity index (χ1) is 26.2. The number of ether oxygens (including phenoxy) is 3. The molecule has 7 rings (SSSR count). The molecule has 284 valence electrons. The smallest absolute Gasteiger partial charge is 0.410 e. The highest BCUT2D eigenvalue weighted by Gasteiger charge is 2.56. The maximum Gasteiger partial charge on any atom is 0.410 e. The van der Waals surface area contributed by atoms with Crippen molar-refractivity contribution in [1.82, 2.24) is 10.2 Å². The first kappa shape index (κ1) is 37.5. The minimum absolute atomic E-state index is 0.114. The number of amides is 1. The maximum atomic E-state index is 14.9. The molecule has 2 aliphatic rings. The van der Waals surface area contributed by atoms with Crippen LogP contribution < -0.4 is 10.1 Å². The summed E-state index contributed by atoms with van der Waals surface area (Å²) in [5.41, 5.74) is 1.19. The third-order valence-electron chi connectivity index (χ3n) is 9.81. The van der Waals surface area contributed by atoms with Crippen LogP contribution in [0.1, 0.15) is 49.8 Å². The van der Waals surface area contributed by atoms with Gasteiger partial charge >= 0.3 is 18.0 Å². The molecule has 1 aliphatic heterocycles. The summed E-state index contributed by atoms with van der Waals surface area (Å²) in [6, 6.07) is 26.6. The average Bonchev–Trinajstić information content (AvgIpc) is 3.73. The standard InChI is InChI=1S/C42H35F5N2O6/c1-41(2,3)55-38(50)31-19-42(48-20-23-16-17-24-10-4-5-11-25(24)18-23,39(51)54-37-35(46)33(44)32(43)34(45)36(37)47)22-49(31)40(52)53-21-30-28-14-8-6-12-26(28)27-13-7-9-15-29(27)30/h4-18,30-31,48H,19-22H2,1-3H3/t31-,42-/m0/s1. The van der Waals surface area contributed by atoms with Crippen molar-refractivity contribution in [3.05, 3.63) is 137 Å². The fourth-order valence-electron chi connectivity index (χ4n) is 7.19. The Kier molecular flexibility index (Phi) is 9.84. The Morgan fingerprint density at radius 2 is 1.33 bits per heavy atom. The fourth-order valence-corrected chi connectivity index (χ4v) is 7.19. The summed E-state index contributed by atoms with van der Waals surface area (Å²) in [5.74, 6) is -16.5. The average molecular weight is 759 g/mol. The van der Waals surface area contributed by atoms with Crippen molar-refractivity contribution in [2.75, 3.05) is 13.2 Å². The van der Waals surface area contributed by atoms with Crippen molar-refractivity contribution in [3.63, 3.8) is 0 Å². The van der Waals surface area contributed by atoms with Gasteiger partial charge in [-0.3, -0.25) is 10.2 Å². The van der Waals surface area contributed by atoms with E-state index in [1.807, 2.05) is 84.9 Å². The van der Waals surface area contributed by atoms with Crippen LogP contribution in [0.25, 0.3) is 21.9 Å². The van der Waals surface area contributed by atoms with Gasteiger partial charge in [-0.25, -0.2) is 27.6 Å². The largest absolute Gasteiger partial charge is 0.458 e. The summed E-state index contributed by atoms with van der Waals surface area (Å²) in [5, 5.41) is 4.75. The molecule has 1 saturated heterocycles. The van der Waals surface area contributed by atoms with Crippen molar-refractivity contribution in [1.29, 1.82) is 0 Å². The number of nitrogens with one attached hydrogen (secondary N) is 1. The SMILES string of the molecule is CC(C)(C)OC(=O)[C@@H]1C[C@@](NCc2ccc3ccccc3c2)(C(=O)Oc2c(F)c(F)c(F)c(F)c2F)CN1C(=O)OCC1c2ccccc2-c2ccccc21. The molecule has 0 spiro atoms. The van der Waals surface area contributed by atoms with Crippen LogP contribution in [0.15, 0.2) is 91.0 Å². The van der Waals surface area contributed by atoms with E-state index >= 15 is 0 Å². The molecule has 1 N–H and O–H groups in total. The number of fused-ring (bicyclic) bond motifs is 4. The molecule has 2 atom stereocenters. The van der Waals surface area contributed by atoms with Crippen LogP contribution in [-0.4, -0.2) is 53.3 Å². The molecule has 0 unspecified atom stereocenters. The zero-order valence-corrected chi connectivity index (χ0v) is 29.9. The molecule has 0 bridgehead atoms. The highest BCUT2D eigenvalue weighted by molar-refractivity contribution is 5.90. The second kappa shape index (κ2) is 14.4. The van der Waals surface area contributed by atoms with E-state index in [9.17, 15) is 36.3 Å². The number of halogens is 5. The third kappa shape index (κ3) is 7.11. The van der Waals surface area contributed by atoms with Gasteiger partial charge in [-0.1, -0.05) is 84.9 Å². The molecular weight excluding hydrogens is 723 g/mol. The van der Waals surface area contributed by atoms with E-state index in [1.165, 1.54) is 0 Å². The van der Waals surface area contributed by atoms with E-state index in [4.69, 9.17) is 14.2 Å². The molecule has 55 heavy (non-hydrogen) atoms. The Hall–Kier alpha value is -5.82. The summed E-state index contributed by atoms with van der Waals surface area (Å²) >= 11 is 0. The summed E-state index contributed by atoms with van der Waals surface area (Å²) in [6.45, 7) is 3.85. The molecule has 8 nitrogen and oxygen atoms in total. The summed E-state index contributed by atoms with van der Waals surface area (Å²) in [7, 11) is 0. The molecule has 5 aromatic rings. The first-order valence-corrected chi connectivity index (χ1v) is 17.5. The van der Waals surface area contributed by atoms with Gasteiger partial charge in [0.1, 0.15) is 23.8 Å². The van der Waals surface area contributed by atoms with Gasteiger partial charge in [-0.05, 0) is 65.4 Å². The molecule has 0 aromatic heterocycles. The van der Waals surface area contributed by atoms with Gasteiger partial charge in [0, 0.05) is 18.9 Å². The lowest BCUT2D eigenvalue weighted by Gasteiger charge is -2.28. The molecular formula is C42H35F5N2O6. The number of rotatable bonds is 8. The predicted molar refractivity (Wildman–Crippen MR) is 191 cm³/mol. The Balaban J connectivity index is 1.23. The number of esters is 2. The number of hydrogen-bond acceptors (Lipinski definition) is 7. The first-order valence-electron chi connectivity index (χ1n) is 17.5. The van der Waals surface area contributed by atoms with E-state index < -0.39 is 83.0 Å². The number of carbonyl (C=O) groups is 3. The van der Waals surface area contributed by atoms with Gasteiger partial charge in [0.2, 0.25) is 34.8 Å². The molecule has 1 fully saturated rings. The minimum atomic E-state index is -2.44. The van der Waals surface area contributed by atoms with E-state index in [1.54, 1.807) is 26.8 Å². The lowest BCUT2D eigenvalue weighted by Crippen LogP contribution is -2.56. The monoisotopic (exact) mass is 758 g/mol. The molecule has 1 aliphatic carbocycles. The summed E-state index contributed by atoms with van der Waals surface area (Å²) < 4.78 is 88.5. The second-order valence-electron chi connectivity index (χ2n) is 14.6. The maximum absolute atomic E-state index is 14.9. The van der Waals surface area contributed by atoms with Crippen LogP contribution in [0.3, 0.4) is 0 Å². The summed E-state index contributed by atoms with van der Waals surface area (Å²) in [4.78, 5) is 43.0. The van der Waals surface area contributed by atoms with Crippen LogP contribution in [-0.2, 0) is 25.6 Å². The molecule has 13 heteroatoms. The topological polar surface area (TPSA) is 94.2 Å². The van der Waals surface area contributed by atoms with Crippen LogP contribution in [0.2, 0.25) is 0 Å². The number of carbonyl (C=O) groups excluding carboxylic acids is 3. The fraction of sp³-hybridized carbons (Fsp3) is 0.262. The number of nitrogens with zero attached hydrogens (tertiary/aromatic N) is 1. The minimum Gasteiger partial charge on any atom is -0.458 e. The van der Waals surface area contributed by atoms with E-state index in [2.05, 4.69) is 5.32 Å². The Labute approximate surface area is 312 Å².